The monoisotopic (exact) mass is 458 g/mol. The summed E-state index contributed by atoms with van der Waals surface area (Å²) in [5.41, 5.74) is 4.45. The Morgan fingerprint density at radius 1 is 0.848 bits per heavy atom. The van der Waals surface area contributed by atoms with Crippen molar-refractivity contribution in [3.63, 3.8) is 0 Å². The molecule has 33 heavy (non-hydrogen) atoms. The zero-order valence-electron chi connectivity index (χ0n) is 18.4. The van der Waals surface area contributed by atoms with Crippen molar-refractivity contribution in [3.8, 4) is 17.1 Å². The van der Waals surface area contributed by atoms with Gasteiger partial charge in [-0.25, -0.2) is 13.4 Å². The first kappa shape index (κ1) is 21.2. The first-order chi connectivity index (χ1) is 16.0. The number of hydrogen-bond acceptors (Lipinski definition) is 4. The third-order valence-corrected chi connectivity index (χ3v) is 7.74. The number of benzene rings is 3. The van der Waals surface area contributed by atoms with Gasteiger partial charge >= 0.3 is 5.65 Å². The van der Waals surface area contributed by atoms with Gasteiger partial charge in [0.05, 0.1) is 4.90 Å². The fourth-order valence-corrected chi connectivity index (χ4v) is 5.55. The van der Waals surface area contributed by atoms with E-state index in [2.05, 4.69) is 4.98 Å². The van der Waals surface area contributed by atoms with E-state index in [1.165, 1.54) is 4.31 Å². The minimum Gasteiger partial charge on any atom is -0.251 e. The maximum atomic E-state index is 13.2. The van der Waals surface area contributed by atoms with E-state index in [1.54, 1.807) is 18.2 Å². The lowest BCUT2D eigenvalue weighted by Crippen LogP contribution is -2.34. The molecule has 7 nitrogen and oxygen atoms in total. The first-order valence-corrected chi connectivity index (χ1v) is 12.3. The van der Waals surface area contributed by atoms with Gasteiger partial charge in [0.25, 0.3) is 5.65 Å². The molecule has 0 aliphatic heterocycles. The van der Waals surface area contributed by atoms with Gasteiger partial charge < -0.3 is 0 Å². The third kappa shape index (κ3) is 3.67. The largest absolute Gasteiger partial charge is 0.328 e. The van der Waals surface area contributed by atoms with Crippen LogP contribution in [-0.4, -0.2) is 40.8 Å². The molecule has 0 fully saturated rings. The molecule has 0 amide bonds. The van der Waals surface area contributed by atoms with Crippen LogP contribution < -0.4 is 4.57 Å². The summed E-state index contributed by atoms with van der Waals surface area (Å²) in [6, 6.07) is 24.6. The summed E-state index contributed by atoms with van der Waals surface area (Å²) in [5.74, 6) is 0.776. The molecule has 8 heteroatoms. The van der Waals surface area contributed by atoms with Crippen LogP contribution in [0, 0.1) is 0 Å². The predicted octanol–water partition coefficient (Wildman–Crippen LogP) is 4.09. The minimum atomic E-state index is -3.61. The normalized spacial score (nSPS) is 12.1. The number of imidazole rings is 1. The standard InChI is InChI=1S/C25H23N5O2S/c1-3-29(4-2)33(31,32)20-14-10-13-19(17-20)30-24(18-11-6-5-7-12-18)28-23-25(30)27-22-16-9-8-15-21(22)26-23/h5-17H,3-4H2,1-2H3/p+1. The lowest BCUT2D eigenvalue weighted by molar-refractivity contribution is -0.557. The summed E-state index contributed by atoms with van der Waals surface area (Å²) < 4.78 is 29.8. The zero-order chi connectivity index (χ0) is 23.0. The summed E-state index contributed by atoms with van der Waals surface area (Å²) >= 11 is 0. The summed E-state index contributed by atoms with van der Waals surface area (Å²) in [7, 11) is -3.61. The Balaban J connectivity index is 1.79. The number of fused-ring (bicyclic) bond motifs is 2. The second-order valence-electron chi connectivity index (χ2n) is 7.65. The smallest absolute Gasteiger partial charge is 0.251 e. The lowest BCUT2D eigenvalue weighted by Gasteiger charge is -2.18. The SMILES string of the molecule is CCN(CC)S(=O)(=O)c1cccc(-[n+]2c(-c3ccccc3)[nH]c3nc4ccccc4nc32)c1. The van der Waals surface area contributed by atoms with E-state index >= 15 is 0 Å². The molecule has 0 unspecified atom stereocenters. The highest BCUT2D eigenvalue weighted by atomic mass is 32.2. The van der Waals surface area contributed by atoms with Gasteiger partial charge in [0.1, 0.15) is 11.2 Å². The molecule has 1 N–H and O–H groups in total. The number of hydrogen-bond donors (Lipinski definition) is 1. The van der Waals surface area contributed by atoms with Gasteiger partial charge in [-0.05, 0) is 42.5 Å². The Morgan fingerprint density at radius 2 is 1.52 bits per heavy atom. The molecule has 3 aromatic carbocycles. The molecule has 0 radical (unpaired) electrons. The van der Waals surface area contributed by atoms with Crippen LogP contribution in [-0.2, 0) is 10.0 Å². The summed E-state index contributed by atoms with van der Waals surface area (Å²) in [6.07, 6.45) is 0. The van der Waals surface area contributed by atoms with Gasteiger partial charge in [-0.3, -0.25) is 4.98 Å². The number of aromatic nitrogens is 4. The molecule has 2 aromatic heterocycles. The average Bonchev–Trinajstić information content (AvgIpc) is 3.22. The Hall–Kier alpha value is -3.62. The second kappa shape index (κ2) is 8.38. The van der Waals surface area contributed by atoms with Crippen LogP contribution in [0.3, 0.4) is 0 Å². The Labute approximate surface area is 192 Å². The highest BCUT2D eigenvalue weighted by Gasteiger charge is 2.27. The van der Waals surface area contributed by atoms with Crippen molar-refractivity contribution in [3.05, 3.63) is 78.9 Å². The van der Waals surface area contributed by atoms with Crippen LogP contribution in [0.5, 0.6) is 0 Å². The van der Waals surface area contributed by atoms with E-state index in [-0.39, 0.29) is 4.90 Å². The highest BCUT2D eigenvalue weighted by Crippen LogP contribution is 2.23. The number of para-hydroxylation sites is 2. The van der Waals surface area contributed by atoms with Crippen LogP contribution in [0.25, 0.3) is 39.4 Å². The number of sulfonamides is 1. The Bertz CT molecular complexity index is 1560. The maximum Gasteiger partial charge on any atom is 0.328 e. The molecule has 0 spiro atoms. The van der Waals surface area contributed by atoms with E-state index in [9.17, 15) is 8.42 Å². The number of nitrogens with one attached hydrogen (secondary N) is 1. The number of rotatable bonds is 6. The van der Waals surface area contributed by atoms with Crippen LogP contribution >= 0.6 is 0 Å². The lowest BCUT2D eigenvalue weighted by atomic mass is 10.2. The van der Waals surface area contributed by atoms with Crippen molar-refractivity contribution >= 4 is 32.4 Å². The predicted molar refractivity (Wildman–Crippen MR) is 128 cm³/mol. The molecule has 0 aliphatic carbocycles. The molecule has 5 rings (SSSR count). The highest BCUT2D eigenvalue weighted by molar-refractivity contribution is 7.89. The summed E-state index contributed by atoms with van der Waals surface area (Å²) in [5, 5.41) is 0. The average molecular weight is 459 g/mol. The first-order valence-electron chi connectivity index (χ1n) is 10.9. The van der Waals surface area contributed by atoms with Crippen LogP contribution in [0.1, 0.15) is 13.8 Å². The van der Waals surface area contributed by atoms with Crippen molar-refractivity contribution < 1.29 is 13.0 Å². The molecule has 0 bridgehead atoms. The van der Waals surface area contributed by atoms with E-state index in [4.69, 9.17) is 9.97 Å². The van der Waals surface area contributed by atoms with E-state index in [0.29, 0.717) is 30.1 Å². The molecule has 0 aliphatic rings. The van der Waals surface area contributed by atoms with Crippen LogP contribution in [0.4, 0.5) is 0 Å². The van der Waals surface area contributed by atoms with E-state index < -0.39 is 10.0 Å². The van der Waals surface area contributed by atoms with Crippen molar-refractivity contribution in [2.75, 3.05) is 13.1 Å². The maximum absolute atomic E-state index is 13.2. The van der Waals surface area contributed by atoms with Gasteiger partial charge in [-0.2, -0.15) is 8.87 Å². The van der Waals surface area contributed by atoms with Gasteiger partial charge in [-0.15, -0.1) is 0 Å². The van der Waals surface area contributed by atoms with Gasteiger partial charge in [0, 0.05) is 18.7 Å². The molecular weight excluding hydrogens is 434 g/mol. The third-order valence-electron chi connectivity index (χ3n) is 5.69. The van der Waals surface area contributed by atoms with E-state index in [1.807, 2.05) is 79.1 Å². The van der Waals surface area contributed by atoms with Crippen molar-refractivity contribution in [2.24, 2.45) is 0 Å². The number of H-pyrrole nitrogens is 1. The molecule has 166 valence electrons. The summed E-state index contributed by atoms with van der Waals surface area (Å²) in [6.45, 7) is 4.51. The van der Waals surface area contributed by atoms with Gasteiger partial charge in [0.2, 0.25) is 15.8 Å². The second-order valence-corrected chi connectivity index (χ2v) is 9.58. The summed E-state index contributed by atoms with van der Waals surface area (Å²) in [4.78, 5) is 13.3. The Kier molecular flexibility index (Phi) is 5.39. The molecular formula is C25H24N5O2S+. The number of nitrogens with zero attached hydrogens (tertiary/aromatic N) is 4. The van der Waals surface area contributed by atoms with Gasteiger partial charge in [0.15, 0.2) is 5.52 Å². The van der Waals surface area contributed by atoms with E-state index in [0.717, 1.165) is 22.4 Å². The minimum absolute atomic E-state index is 0.248. The van der Waals surface area contributed by atoms with Crippen molar-refractivity contribution in [1.82, 2.24) is 19.3 Å². The zero-order valence-corrected chi connectivity index (χ0v) is 19.2. The number of aromatic amines is 1. The topological polar surface area (TPSA) is 82.8 Å². The van der Waals surface area contributed by atoms with Gasteiger partial charge in [-0.1, -0.05) is 55.2 Å². The van der Waals surface area contributed by atoms with Crippen molar-refractivity contribution in [2.45, 2.75) is 18.7 Å². The molecule has 5 aromatic rings. The molecule has 2 heterocycles. The molecule has 0 saturated heterocycles. The molecule has 0 saturated carbocycles. The van der Waals surface area contributed by atoms with Crippen molar-refractivity contribution in [1.29, 1.82) is 0 Å². The quantitative estimate of drug-likeness (QED) is 0.389. The molecule has 0 atom stereocenters. The fraction of sp³-hybridized carbons (Fsp3) is 0.160. The van der Waals surface area contributed by atoms with Crippen LogP contribution in [0.15, 0.2) is 83.8 Å². The Morgan fingerprint density at radius 3 is 2.21 bits per heavy atom. The van der Waals surface area contributed by atoms with Crippen LogP contribution in [0.2, 0.25) is 0 Å². The fourth-order valence-electron chi connectivity index (χ4n) is 4.05.